The van der Waals surface area contributed by atoms with E-state index in [1.165, 1.54) is 7.11 Å². The minimum atomic E-state index is -0.610. The van der Waals surface area contributed by atoms with Crippen molar-refractivity contribution in [3.05, 3.63) is 47.9 Å². The van der Waals surface area contributed by atoms with Gasteiger partial charge >= 0.3 is 12.0 Å². The summed E-state index contributed by atoms with van der Waals surface area (Å²) < 4.78 is 9.88. The zero-order chi connectivity index (χ0) is 15.2. The molecule has 7 nitrogen and oxygen atoms in total. The maximum absolute atomic E-state index is 11.2. The molecule has 0 saturated carbocycles. The number of nitrogens with two attached hydrogens (primary N) is 1. The molecular formula is C14H15N3O4. The van der Waals surface area contributed by atoms with Crippen molar-refractivity contribution in [3.8, 4) is 0 Å². The lowest BCUT2D eigenvalue weighted by Crippen LogP contribution is -2.19. The van der Waals surface area contributed by atoms with Crippen LogP contribution in [-0.4, -0.2) is 19.1 Å². The van der Waals surface area contributed by atoms with Gasteiger partial charge < -0.3 is 25.5 Å². The van der Waals surface area contributed by atoms with Gasteiger partial charge in [0.05, 0.1) is 13.7 Å². The van der Waals surface area contributed by atoms with E-state index < -0.39 is 12.0 Å². The van der Waals surface area contributed by atoms with Gasteiger partial charge in [-0.15, -0.1) is 0 Å². The van der Waals surface area contributed by atoms with Crippen LogP contribution in [0.4, 0.5) is 16.2 Å². The summed E-state index contributed by atoms with van der Waals surface area (Å²) in [6, 6.07) is 9.65. The molecule has 0 aliphatic carbocycles. The molecule has 0 atom stereocenters. The van der Waals surface area contributed by atoms with E-state index in [0.29, 0.717) is 18.0 Å². The topological polar surface area (TPSA) is 107 Å². The second-order valence-corrected chi connectivity index (χ2v) is 4.18. The molecule has 0 aliphatic heterocycles. The number of esters is 1. The zero-order valence-electron chi connectivity index (χ0n) is 11.4. The quantitative estimate of drug-likeness (QED) is 0.731. The lowest BCUT2D eigenvalue weighted by molar-refractivity contribution is 0.0563. The number of urea groups is 1. The smallest absolute Gasteiger partial charge is 0.373 e. The van der Waals surface area contributed by atoms with Crippen molar-refractivity contribution < 1.29 is 18.7 Å². The van der Waals surface area contributed by atoms with Gasteiger partial charge in [0.2, 0.25) is 5.76 Å². The van der Waals surface area contributed by atoms with Crippen LogP contribution in [0.15, 0.2) is 40.8 Å². The number of ether oxygens (including phenoxy) is 1. The third kappa shape index (κ3) is 4.00. The van der Waals surface area contributed by atoms with Crippen molar-refractivity contribution in [1.82, 2.24) is 0 Å². The van der Waals surface area contributed by atoms with Gasteiger partial charge in [-0.3, -0.25) is 0 Å². The molecule has 0 aliphatic rings. The van der Waals surface area contributed by atoms with E-state index in [-0.39, 0.29) is 5.76 Å². The van der Waals surface area contributed by atoms with E-state index in [0.717, 1.165) is 5.69 Å². The van der Waals surface area contributed by atoms with Gasteiger partial charge in [0.15, 0.2) is 0 Å². The monoisotopic (exact) mass is 289 g/mol. The molecule has 2 amide bonds. The Morgan fingerprint density at radius 3 is 2.43 bits per heavy atom. The van der Waals surface area contributed by atoms with Crippen molar-refractivity contribution >= 4 is 23.4 Å². The van der Waals surface area contributed by atoms with Crippen LogP contribution in [-0.2, 0) is 11.3 Å². The number of hydrogen-bond acceptors (Lipinski definition) is 5. The first kappa shape index (κ1) is 14.4. The van der Waals surface area contributed by atoms with Gasteiger partial charge in [-0.25, -0.2) is 9.59 Å². The van der Waals surface area contributed by atoms with Gasteiger partial charge in [-0.05, 0) is 36.4 Å². The van der Waals surface area contributed by atoms with E-state index >= 15 is 0 Å². The molecule has 0 unspecified atom stereocenters. The summed E-state index contributed by atoms with van der Waals surface area (Å²) >= 11 is 0. The van der Waals surface area contributed by atoms with Crippen molar-refractivity contribution in [1.29, 1.82) is 0 Å². The van der Waals surface area contributed by atoms with E-state index in [4.69, 9.17) is 10.2 Å². The molecule has 1 aromatic carbocycles. The molecule has 2 aromatic rings. The Kier molecular flexibility index (Phi) is 4.45. The van der Waals surface area contributed by atoms with Crippen molar-refractivity contribution in [2.24, 2.45) is 5.73 Å². The highest BCUT2D eigenvalue weighted by Crippen LogP contribution is 2.15. The summed E-state index contributed by atoms with van der Waals surface area (Å²) in [5.74, 6) is 0.258. The standard InChI is InChI=1S/C14H15N3O4/c1-20-13(18)12-7-6-11(21-12)8-16-9-2-4-10(5-3-9)17-14(15)19/h2-7,16H,8H2,1H3,(H3,15,17,19). The predicted octanol–water partition coefficient (Wildman–Crippen LogP) is 2.17. The van der Waals surface area contributed by atoms with Crippen LogP contribution in [0.25, 0.3) is 0 Å². The summed E-state index contributed by atoms with van der Waals surface area (Å²) in [5, 5.41) is 5.59. The molecule has 7 heteroatoms. The molecular weight excluding hydrogens is 274 g/mol. The van der Waals surface area contributed by atoms with Crippen molar-refractivity contribution in [2.75, 3.05) is 17.7 Å². The lowest BCUT2D eigenvalue weighted by atomic mass is 10.2. The van der Waals surface area contributed by atoms with E-state index in [1.54, 1.807) is 36.4 Å². The lowest BCUT2D eigenvalue weighted by Gasteiger charge is -2.06. The molecule has 4 N–H and O–H groups in total. The number of carbonyl (C=O) groups excluding carboxylic acids is 2. The second-order valence-electron chi connectivity index (χ2n) is 4.18. The maximum Gasteiger partial charge on any atom is 0.373 e. The summed E-state index contributed by atoms with van der Waals surface area (Å²) in [6.45, 7) is 0.416. The number of primary amides is 1. The van der Waals surface area contributed by atoms with Crippen LogP contribution in [0.1, 0.15) is 16.3 Å². The average molecular weight is 289 g/mol. The summed E-state index contributed by atoms with van der Waals surface area (Å²) in [5.41, 5.74) is 6.46. The van der Waals surface area contributed by atoms with Crippen molar-refractivity contribution in [3.63, 3.8) is 0 Å². The van der Waals surface area contributed by atoms with Gasteiger partial charge in [-0.2, -0.15) is 0 Å². The fourth-order valence-corrected chi connectivity index (χ4v) is 1.69. The minimum absolute atomic E-state index is 0.162. The maximum atomic E-state index is 11.2. The first-order chi connectivity index (χ1) is 10.1. The Labute approximate surface area is 121 Å². The van der Waals surface area contributed by atoms with Crippen LogP contribution < -0.4 is 16.4 Å². The predicted molar refractivity (Wildman–Crippen MR) is 77.0 cm³/mol. The number of rotatable bonds is 5. The summed E-state index contributed by atoms with van der Waals surface area (Å²) in [6.07, 6.45) is 0. The van der Waals surface area contributed by atoms with Crippen molar-refractivity contribution in [2.45, 2.75) is 6.54 Å². The highest BCUT2D eigenvalue weighted by molar-refractivity contribution is 5.88. The Morgan fingerprint density at radius 1 is 1.14 bits per heavy atom. The molecule has 2 rings (SSSR count). The fraction of sp³-hybridized carbons (Fsp3) is 0.143. The number of benzene rings is 1. The second kappa shape index (κ2) is 6.47. The third-order valence-electron chi connectivity index (χ3n) is 2.67. The number of nitrogens with one attached hydrogen (secondary N) is 2. The molecule has 21 heavy (non-hydrogen) atoms. The average Bonchev–Trinajstić information content (AvgIpc) is 2.94. The number of hydrogen-bond donors (Lipinski definition) is 3. The normalized spacial score (nSPS) is 9.95. The first-order valence-corrected chi connectivity index (χ1v) is 6.16. The third-order valence-corrected chi connectivity index (χ3v) is 2.67. The highest BCUT2D eigenvalue weighted by atomic mass is 16.5. The molecule has 0 radical (unpaired) electrons. The number of methoxy groups -OCH3 is 1. The van der Waals surface area contributed by atoms with Gasteiger partial charge in [0.1, 0.15) is 5.76 Å². The van der Waals surface area contributed by atoms with Gasteiger partial charge in [-0.1, -0.05) is 0 Å². The Hall–Kier alpha value is -2.96. The van der Waals surface area contributed by atoms with Crippen LogP contribution in [0.2, 0.25) is 0 Å². The number of carbonyl (C=O) groups is 2. The molecule has 110 valence electrons. The minimum Gasteiger partial charge on any atom is -0.463 e. The molecule has 0 saturated heterocycles. The molecule has 0 bridgehead atoms. The Balaban J connectivity index is 1.92. The number of furan rings is 1. The summed E-state index contributed by atoms with van der Waals surface area (Å²) in [4.78, 5) is 21.9. The van der Waals surface area contributed by atoms with Crippen LogP contribution in [0.3, 0.4) is 0 Å². The number of amides is 2. The zero-order valence-corrected chi connectivity index (χ0v) is 11.4. The van der Waals surface area contributed by atoms with E-state index in [9.17, 15) is 9.59 Å². The van der Waals surface area contributed by atoms with Crippen LogP contribution in [0, 0.1) is 0 Å². The SMILES string of the molecule is COC(=O)c1ccc(CNc2ccc(NC(N)=O)cc2)o1. The molecule has 1 aromatic heterocycles. The largest absolute Gasteiger partial charge is 0.463 e. The molecule has 0 fully saturated rings. The van der Waals surface area contributed by atoms with E-state index in [1.807, 2.05) is 0 Å². The van der Waals surface area contributed by atoms with Crippen LogP contribution in [0.5, 0.6) is 0 Å². The highest BCUT2D eigenvalue weighted by Gasteiger charge is 2.10. The van der Waals surface area contributed by atoms with E-state index in [2.05, 4.69) is 15.4 Å². The van der Waals surface area contributed by atoms with Gasteiger partial charge in [0.25, 0.3) is 0 Å². The summed E-state index contributed by atoms with van der Waals surface area (Å²) in [7, 11) is 1.30. The van der Waals surface area contributed by atoms with Gasteiger partial charge in [0, 0.05) is 11.4 Å². The van der Waals surface area contributed by atoms with Crippen LogP contribution >= 0.6 is 0 Å². The molecule has 1 heterocycles. The first-order valence-electron chi connectivity index (χ1n) is 6.16. The number of anilines is 2. The molecule has 0 spiro atoms. The Morgan fingerprint density at radius 2 is 1.81 bits per heavy atom. The fourth-order valence-electron chi connectivity index (χ4n) is 1.69. The Bertz CT molecular complexity index is 634.